The van der Waals surface area contributed by atoms with Crippen LogP contribution in [-0.2, 0) is 6.54 Å². The Morgan fingerprint density at radius 1 is 0.958 bits per heavy atom. The summed E-state index contributed by atoms with van der Waals surface area (Å²) in [5.41, 5.74) is 0.697. The Kier molecular flexibility index (Phi) is 4.42. The first kappa shape index (κ1) is 15.9. The van der Waals surface area contributed by atoms with Gasteiger partial charge in [-0.05, 0) is 30.3 Å². The summed E-state index contributed by atoms with van der Waals surface area (Å²) >= 11 is 0. The predicted octanol–water partition coefficient (Wildman–Crippen LogP) is 4.50. The second kappa shape index (κ2) is 6.66. The van der Waals surface area contributed by atoms with Crippen molar-refractivity contribution in [2.75, 3.05) is 7.05 Å². The van der Waals surface area contributed by atoms with E-state index in [1.165, 1.54) is 23.1 Å². The summed E-state index contributed by atoms with van der Waals surface area (Å²) in [6.45, 7) is 0.112. The maximum absolute atomic E-state index is 13.8. The molecule has 0 aliphatic heterocycles. The minimum atomic E-state index is -0.425. The first-order valence-electron chi connectivity index (χ1n) is 7.40. The van der Waals surface area contributed by atoms with Gasteiger partial charge in [0.1, 0.15) is 17.4 Å². The number of carbonyl (C=O) groups excluding carboxylic acids is 1. The van der Waals surface area contributed by atoms with Crippen molar-refractivity contribution in [3.63, 3.8) is 0 Å². The molecule has 0 aliphatic carbocycles. The Bertz CT molecular complexity index is 873. The molecule has 5 heteroatoms. The largest absolute Gasteiger partial charge is 0.451 e. The Labute approximate surface area is 138 Å². The fourth-order valence-corrected chi connectivity index (χ4v) is 2.40. The predicted molar refractivity (Wildman–Crippen MR) is 86.3 cm³/mol. The van der Waals surface area contributed by atoms with Crippen molar-refractivity contribution >= 4 is 5.91 Å². The van der Waals surface area contributed by atoms with Crippen LogP contribution in [0.15, 0.2) is 65.1 Å². The molecular formula is C19H15F2NO2. The monoisotopic (exact) mass is 327 g/mol. The quantitative estimate of drug-likeness (QED) is 0.707. The van der Waals surface area contributed by atoms with Crippen molar-refractivity contribution in [2.24, 2.45) is 0 Å². The SMILES string of the molecule is CN(Cc1ccccc1F)C(=O)c1ccc(-c2ccccc2F)o1. The van der Waals surface area contributed by atoms with Crippen LogP contribution in [0.1, 0.15) is 16.1 Å². The average molecular weight is 327 g/mol. The van der Waals surface area contributed by atoms with E-state index in [-0.39, 0.29) is 29.4 Å². The van der Waals surface area contributed by atoms with Gasteiger partial charge in [0, 0.05) is 19.2 Å². The molecule has 0 saturated carbocycles. The van der Waals surface area contributed by atoms with Crippen LogP contribution in [-0.4, -0.2) is 17.9 Å². The normalized spacial score (nSPS) is 10.6. The molecule has 122 valence electrons. The van der Waals surface area contributed by atoms with Crippen LogP contribution in [0.4, 0.5) is 8.78 Å². The first-order chi connectivity index (χ1) is 11.6. The van der Waals surface area contributed by atoms with Gasteiger partial charge in [-0.1, -0.05) is 30.3 Å². The minimum Gasteiger partial charge on any atom is -0.451 e. The van der Waals surface area contributed by atoms with Crippen LogP contribution < -0.4 is 0 Å². The molecule has 0 spiro atoms. The molecule has 24 heavy (non-hydrogen) atoms. The molecule has 0 atom stereocenters. The molecule has 0 fully saturated rings. The lowest BCUT2D eigenvalue weighted by Gasteiger charge is -2.16. The molecule has 1 amide bonds. The number of halogens is 2. The standard InChI is InChI=1S/C19H15F2NO2/c1-22(12-13-6-2-4-8-15(13)20)19(23)18-11-10-17(24-18)14-7-3-5-9-16(14)21/h2-11H,12H2,1H3. The zero-order valence-corrected chi connectivity index (χ0v) is 13.0. The van der Waals surface area contributed by atoms with E-state index >= 15 is 0 Å². The van der Waals surface area contributed by atoms with E-state index in [1.807, 2.05) is 0 Å². The maximum atomic E-state index is 13.8. The van der Waals surface area contributed by atoms with Crippen molar-refractivity contribution in [3.8, 4) is 11.3 Å². The van der Waals surface area contributed by atoms with Crippen LogP contribution in [0.5, 0.6) is 0 Å². The number of hydrogen-bond acceptors (Lipinski definition) is 2. The summed E-state index contributed by atoms with van der Waals surface area (Å²) in [6, 6.07) is 15.5. The van der Waals surface area contributed by atoms with Crippen molar-refractivity contribution < 1.29 is 18.0 Å². The Morgan fingerprint density at radius 2 is 1.62 bits per heavy atom. The number of carbonyl (C=O) groups is 1. The summed E-state index contributed by atoms with van der Waals surface area (Å²) in [5.74, 6) is -0.849. The van der Waals surface area contributed by atoms with Crippen LogP contribution in [0, 0.1) is 11.6 Å². The van der Waals surface area contributed by atoms with Gasteiger partial charge in [-0.25, -0.2) is 8.78 Å². The number of benzene rings is 2. The van der Waals surface area contributed by atoms with E-state index in [2.05, 4.69) is 0 Å². The fraction of sp³-hybridized carbons (Fsp3) is 0.105. The second-order valence-electron chi connectivity index (χ2n) is 5.40. The molecule has 0 bridgehead atoms. The van der Waals surface area contributed by atoms with E-state index < -0.39 is 11.7 Å². The highest BCUT2D eigenvalue weighted by atomic mass is 19.1. The summed E-state index contributed by atoms with van der Waals surface area (Å²) < 4.78 is 32.9. The minimum absolute atomic E-state index is 0.0760. The second-order valence-corrected chi connectivity index (χ2v) is 5.40. The van der Waals surface area contributed by atoms with Gasteiger partial charge in [0.2, 0.25) is 0 Å². The van der Waals surface area contributed by atoms with Crippen LogP contribution >= 0.6 is 0 Å². The first-order valence-corrected chi connectivity index (χ1v) is 7.40. The lowest BCUT2D eigenvalue weighted by Crippen LogP contribution is -2.26. The van der Waals surface area contributed by atoms with Crippen LogP contribution in [0.2, 0.25) is 0 Å². The van der Waals surface area contributed by atoms with Gasteiger partial charge in [0.15, 0.2) is 5.76 Å². The Morgan fingerprint density at radius 3 is 2.33 bits per heavy atom. The van der Waals surface area contributed by atoms with Gasteiger partial charge in [-0.3, -0.25) is 4.79 Å². The van der Waals surface area contributed by atoms with E-state index in [0.29, 0.717) is 5.56 Å². The molecule has 3 aromatic rings. The highest BCUT2D eigenvalue weighted by molar-refractivity contribution is 5.91. The van der Waals surface area contributed by atoms with E-state index in [1.54, 1.807) is 49.5 Å². The van der Waals surface area contributed by atoms with Gasteiger partial charge in [-0.15, -0.1) is 0 Å². The third-order valence-electron chi connectivity index (χ3n) is 3.67. The third kappa shape index (κ3) is 3.20. The Hall–Kier alpha value is -2.95. The number of furan rings is 1. The van der Waals surface area contributed by atoms with Crippen molar-refractivity contribution in [1.29, 1.82) is 0 Å². The van der Waals surface area contributed by atoms with E-state index in [9.17, 15) is 13.6 Å². The molecule has 2 aromatic carbocycles. The molecule has 0 aliphatic rings. The topological polar surface area (TPSA) is 33.5 Å². The fourth-order valence-electron chi connectivity index (χ4n) is 2.40. The smallest absolute Gasteiger partial charge is 0.289 e. The molecule has 1 heterocycles. The van der Waals surface area contributed by atoms with Crippen molar-refractivity contribution in [1.82, 2.24) is 4.90 Å². The van der Waals surface area contributed by atoms with Gasteiger partial charge >= 0.3 is 0 Å². The lowest BCUT2D eigenvalue weighted by molar-refractivity contribution is 0.0753. The summed E-state index contributed by atoms with van der Waals surface area (Å²) in [5, 5.41) is 0. The lowest BCUT2D eigenvalue weighted by atomic mass is 10.1. The van der Waals surface area contributed by atoms with E-state index in [0.717, 1.165) is 0 Å². The number of rotatable bonds is 4. The summed E-state index contributed by atoms with van der Waals surface area (Å²) in [4.78, 5) is 13.8. The number of amides is 1. The van der Waals surface area contributed by atoms with E-state index in [4.69, 9.17) is 4.42 Å². The molecular weight excluding hydrogens is 312 g/mol. The zero-order chi connectivity index (χ0) is 17.1. The molecule has 0 unspecified atom stereocenters. The molecule has 0 radical (unpaired) electrons. The van der Waals surface area contributed by atoms with Gasteiger partial charge < -0.3 is 9.32 Å². The van der Waals surface area contributed by atoms with Crippen molar-refractivity contribution in [3.05, 3.63) is 83.6 Å². The van der Waals surface area contributed by atoms with Gasteiger partial charge in [0.05, 0.1) is 5.56 Å². The molecule has 0 saturated heterocycles. The van der Waals surface area contributed by atoms with Crippen LogP contribution in [0.25, 0.3) is 11.3 Å². The molecule has 0 N–H and O–H groups in total. The van der Waals surface area contributed by atoms with Gasteiger partial charge in [0.25, 0.3) is 5.91 Å². The molecule has 3 nitrogen and oxygen atoms in total. The molecule has 1 aromatic heterocycles. The van der Waals surface area contributed by atoms with Crippen molar-refractivity contribution in [2.45, 2.75) is 6.54 Å². The zero-order valence-electron chi connectivity index (χ0n) is 13.0. The van der Waals surface area contributed by atoms with Crippen LogP contribution in [0.3, 0.4) is 0 Å². The Balaban J connectivity index is 1.79. The highest BCUT2D eigenvalue weighted by Crippen LogP contribution is 2.25. The number of nitrogens with zero attached hydrogens (tertiary/aromatic N) is 1. The highest BCUT2D eigenvalue weighted by Gasteiger charge is 2.18. The average Bonchev–Trinajstić information content (AvgIpc) is 3.06. The summed E-state index contributed by atoms with van der Waals surface area (Å²) in [7, 11) is 1.56. The van der Waals surface area contributed by atoms with Gasteiger partial charge in [-0.2, -0.15) is 0 Å². The molecule has 3 rings (SSSR count). The summed E-state index contributed by atoms with van der Waals surface area (Å²) in [6.07, 6.45) is 0. The number of hydrogen-bond donors (Lipinski definition) is 0. The maximum Gasteiger partial charge on any atom is 0.289 e. The third-order valence-corrected chi connectivity index (χ3v) is 3.67.